The lowest BCUT2D eigenvalue weighted by molar-refractivity contribution is 0.394. The van der Waals surface area contributed by atoms with Gasteiger partial charge in [0.05, 0.1) is 0 Å². The van der Waals surface area contributed by atoms with Crippen LogP contribution in [0.3, 0.4) is 0 Å². The number of halogens is 1. The van der Waals surface area contributed by atoms with Gasteiger partial charge in [0, 0.05) is 11.1 Å². The van der Waals surface area contributed by atoms with Crippen LogP contribution in [0.15, 0.2) is 18.2 Å². The van der Waals surface area contributed by atoms with E-state index in [4.69, 9.17) is 11.6 Å². The fourth-order valence-corrected chi connectivity index (χ4v) is 3.40. The first-order valence-corrected chi connectivity index (χ1v) is 8.08. The molecule has 0 saturated heterocycles. The Kier molecular flexibility index (Phi) is 5.72. The summed E-state index contributed by atoms with van der Waals surface area (Å²) in [7, 11) is 0. The van der Waals surface area contributed by atoms with Crippen molar-refractivity contribution in [2.75, 3.05) is 6.54 Å². The highest BCUT2D eigenvalue weighted by atomic mass is 35.5. The van der Waals surface area contributed by atoms with E-state index in [-0.39, 0.29) is 0 Å². The Morgan fingerprint density at radius 2 is 2.05 bits per heavy atom. The molecule has 0 bridgehead atoms. The third-order valence-corrected chi connectivity index (χ3v) is 4.78. The van der Waals surface area contributed by atoms with Crippen molar-refractivity contribution in [3.8, 4) is 0 Å². The van der Waals surface area contributed by atoms with Gasteiger partial charge in [-0.2, -0.15) is 0 Å². The van der Waals surface area contributed by atoms with E-state index < -0.39 is 0 Å². The maximum atomic E-state index is 6.28. The van der Waals surface area contributed by atoms with E-state index in [2.05, 4.69) is 31.3 Å². The summed E-state index contributed by atoms with van der Waals surface area (Å²) >= 11 is 6.28. The SMILES string of the molecule is CCCNC(CC1CCCC1)c1cccc(Cl)c1C. The predicted molar refractivity (Wildman–Crippen MR) is 83.8 cm³/mol. The van der Waals surface area contributed by atoms with Gasteiger partial charge in [-0.3, -0.25) is 0 Å². The molecule has 0 radical (unpaired) electrons. The molecule has 1 aliphatic carbocycles. The van der Waals surface area contributed by atoms with E-state index in [9.17, 15) is 0 Å². The zero-order chi connectivity index (χ0) is 13.7. The fourth-order valence-electron chi connectivity index (χ4n) is 3.22. The molecule has 2 rings (SSSR count). The first-order valence-electron chi connectivity index (χ1n) is 7.70. The molecule has 19 heavy (non-hydrogen) atoms. The molecule has 1 unspecified atom stereocenters. The van der Waals surface area contributed by atoms with Crippen LogP contribution >= 0.6 is 11.6 Å². The Hall–Kier alpha value is -0.530. The second-order valence-corrected chi connectivity index (χ2v) is 6.25. The van der Waals surface area contributed by atoms with Crippen LogP contribution in [0.5, 0.6) is 0 Å². The highest BCUT2D eigenvalue weighted by molar-refractivity contribution is 6.31. The summed E-state index contributed by atoms with van der Waals surface area (Å²) < 4.78 is 0. The monoisotopic (exact) mass is 279 g/mol. The summed E-state index contributed by atoms with van der Waals surface area (Å²) in [6.45, 7) is 5.46. The molecule has 1 aliphatic rings. The van der Waals surface area contributed by atoms with Crippen LogP contribution in [-0.4, -0.2) is 6.54 Å². The minimum Gasteiger partial charge on any atom is -0.310 e. The van der Waals surface area contributed by atoms with Crippen molar-refractivity contribution < 1.29 is 0 Å². The van der Waals surface area contributed by atoms with Gasteiger partial charge < -0.3 is 5.32 Å². The van der Waals surface area contributed by atoms with Crippen molar-refractivity contribution in [1.29, 1.82) is 0 Å². The second-order valence-electron chi connectivity index (χ2n) is 5.85. The molecule has 0 spiro atoms. The summed E-state index contributed by atoms with van der Waals surface area (Å²) in [5, 5.41) is 4.62. The molecular weight excluding hydrogens is 254 g/mol. The Balaban J connectivity index is 2.13. The molecular formula is C17H26ClN. The van der Waals surface area contributed by atoms with E-state index in [1.165, 1.54) is 49.7 Å². The molecule has 0 heterocycles. The van der Waals surface area contributed by atoms with Gasteiger partial charge in [0.25, 0.3) is 0 Å². The summed E-state index contributed by atoms with van der Waals surface area (Å²) in [4.78, 5) is 0. The number of hydrogen-bond acceptors (Lipinski definition) is 1. The first kappa shape index (κ1) is 14.9. The van der Waals surface area contributed by atoms with Crippen LogP contribution in [0.2, 0.25) is 5.02 Å². The molecule has 0 amide bonds. The lowest BCUT2D eigenvalue weighted by atomic mass is 9.91. The highest BCUT2D eigenvalue weighted by Crippen LogP contribution is 2.35. The van der Waals surface area contributed by atoms with Crippen LogP contribution in [0, 0.1) is 12.8 Å². The van der Waals surface area contributed by atoms with Crippen molar-refractivity contribution in [3.63, 3.8) is 0 Å². The Morgan fingerprint density at radius 3 is 2.74 bits per heavy atom. The van der Waals surface area contributed by atoms with Crippen LogP contribution in [-0.2, 0) is 0 Å². The van der Waals surface area contributed by atoms with Gasteiger partial charge in [-0.25, -0.2) is 0 Å². The molecule has 1 saturated carbocycles. The minimum atomic E-state index is 0.474. The van der Waals surface area contributed by atoms with E-state index in [0.717, 1.165) is 17.5 Å². The Labute approximate surface area is 122 Å². The maximum Gasteiger partial charge on any atom is 0.0438 e. The molecule has 2 heteroatoms. The van der Waals surface area contributed by atoms with Crippen LogP contribution in [0.25, 0.3) is 0 Å². The third-order valence-electron chi connectivity index (χ3n) is 4.37. The molecule has 1 aromatic rings. The van der Waals surface area contributed by atoms with Gasteiger partial charge in [-0.1, -0.05) is 56.3 Å². The standard InChI is InChI=1S/C17H26ClN/c1-3-11-19-17(12-14-7-4-5-8-14)15-9-6-10-16(18)13(15)2/h6,9-10,14,17,19H,3-5,7-8,11-12H2,1-2H3. The highest BCUT2D eigenvalue weighted by Gasteiger charge is 2.22. The normalized spacial score (nSPS) is 17.8. The average Bonchev–Trinajstić information content (AvgIpc) is 2.91. The zero-order valence-electron chi connectivity index (χ0n) is 12.2. The summed E-state index contributed by atoms with van der Waals surface area (Å²) in [6, 6.07) is 6.79. The quantitative estimate of drug-likeness (QED) is 0.748. The van der Waals surface area contributed by atoms with Crippen molar-refractivity contribution in [2.24, 2.45) is 5.92 Å². The molecule has 1 fully saturated rings. The van der Waals surface area contributed by atoms with Gasteiger partial charge in [0.2, 0.25) is 0 Å². The van der Waals surface area contributed by atoms with Crippen LogP contribution < -0.4 is 5.32 Å². The molecule has 1 nitrogen and oxygen atoms in total. The van der Waals surface area contributed by atoms with Crippen molar-refractivity contribution >= 4 is 11.6 Å². The number of hydrogen-bond donors (Lipinski definition) is 1. The smallest absolute Gasteiger partial charge is 0.0438 e. The van der Waals surface area contributed by atoms with Gasteiger partial charge in [-0.05, 0) is 49.4 Å². The number of nitrogens with one attached hydrogen (secondary N) is 1. The summed E-state index contributed by atoms with van der Waals surface area (Å²) in [6.07, 6.45) is 8.09. The van der Waals surface area contributed by atoms with E-state index in [1.807, 2.05) is 6.07 Å². The van der Waals surface area contributed by atoms with Gasteiger partial charge in [-0.15, -0.1) is 0 Å². The Bertz CT molecular complexity index is 396. The predicted octanol–water partition coefficient (Wildman–Crippen LogP) is 5.27. The van der Waals surface area contributed by atoms with E-state index >= 15 is 0 Å². The lowest BCUT2D eigenvalue weighted by Gasteiger charge is -2.24. The van der Waals surface area contributed by atoms with Crippen molar-refractivity contribution in [2.45, 2.75) is 58.4 Å². The number of rotatable bonds is 6. The average molecular weight is 280 g/mol. The van der Waals surface area contributed by atoms with Crippen molar-refractivity contribution in [3.05, 3.63) is 34.3 Å². The molecule has 1 aromatic carbocycles. The second kappa shape index (κ2) is 7.31. The molecule has 1 N–H and O–H groups in total. The topological polar surface area (TPSA) is 12.0 Å². The minimum absolute atomic E-state index is 0.474. The van der Waals surface area contributed by atoms with Crippen LogP contribution in [0.4, 0.5) is 0 Å². The van der Waals surface area contributed by atoms with Crippen molar-refractivity contribution in [1.82, 2.24) is 5.32 Å². The largest absolute Gasteiger partial charge is 0.310 e. The molecule has 0 aromatic heterocycles. The molecule has 106 valence electrons. The first-order chi connectivity index (χ1) is 9.22. The molecule has 1 atom stereocenters. The van der Waals surface area contributed by atoms with Gasteiger partial charge >= 0.3 is 0 Å². The van der Waals surface area contributed by atoms with E-state index in [1.54, 1.807) is 0 Å². The molecule has 0 aliphatic heterocycles. The summed E-state index contributed by atoms with van der Waals surface area (Å²) in [5.41, 5.74) is 2.64. The fraction of sp³-hybridized carbons (Fsp3) is 0.647. The lowest BCUT2D eigenvalue weighted by Crippen LogP contribution is -2.24. The van der Waals surface area contributed by atoms with Gasteiger partial charge in [0.15, 0.2) is 0 Å². The van der Waals surface area contributed by atoms with Gasteiger partial charge in [0.1, 0.15) is 0 Å². The Morgan fingerprint density at radius 1 is 1.32 bits per heavy atom. The summed E-state index contributed by atoms with van der Waals surface area (Å²) in [5.74, 6) is 0.896. The maximum absolute atomic E-state index is 6.28. The van der Waals surface area contributed by atoms with E-state index in [0.29, 0.717) is 6.04 Å². The number of benzene rings is 1. The third kappa shape index (κ3) is 3.97. The van der Waals surface area contributed by atoms with Crippen LogP contribution in [0.1, 0.15) is 62.6 Å². The zero-order valence-corrected chi connectivity index (χ0v) is 13.0.